The van der Waals surface area contributed by atoms with Crippen molar-refractivity contribution in [3.05, 3.63) is 10.1 Å². The molecule has 0 spiro atoms. The Hall–Kier alpha value is -0.640. The summed E-state index contributed by atoms with van der Waals surface area (Å²) in [5.74, 6) is 0. The SMILES string of the molecule is CC(COC1CC1)[N+](=O)[O-]. The molecule has 0 heterocycles. The average molecular weight is 145 g/mol. The number of nitro groups is 1. The van der Waals surface area contributed by atoms with Crippen molar-refractivity contribution in [3.63, 3.8) is 0 Å². The zero-order valence-electron chi connectivity index (χ0n) is 5.95. The van der Waals surface area contributed by atoms with E-state index < -0.39 is 6.04 Å². The van der Waals surface area contributed by atoms with Crippen LogP contribution in [-0.2, 0) is 4.74 Å². The van der Waals surface area contributed by atoms with Crippen LogP contribution in [0.15, 0.2) is 0 Å². The number of ether oxygens (including phenoxy) is 1. The molecule has 0 aromatic carbocycles. The molecule has 0 bridgehead atoms. The second kappa shape index (κ2) is 2.96. The van der Waals surface area contributed by atoms with Gasteiger partial charge in [-0.2, -0.15) is 0 Å². The second-order valence-corrected chi connectivity index (χ2v) is 2.67. The van der Waals surface area contributed by atoms with Crippen LogP contribution in [0, 0.1) is 10.1 Å². The van der Waals surface area contributed by atoms with E-state index in [9.17, 15) is 10.1 Å². The van der Waals surface area contributed by atoms with Crippen LogP contribution in [0.4, 0.5) is 0 Å². The molecule has 0 amide bonds. The van der Waals surface area contributed by atoms with Crippen LogP contribution in [-0.4, -0.2) is 23.7 Å². The molecule has 0 N–H and O–H groups in total. The zero-order valence-corrected chi connectivity index (χ0v) is 5.95. The molecule has 1 aliphatic rings. The van der Waals surface area contributed by atoms with E-state index in [1.807, 2.05) is 0 Å². The van der Waals surface area contributed by atoms with Gasteiger partial charge in [-0.15, -0.1) is 0 Å². The number of hydrogen-bond donors (Lipinski definition) is 0. The Morgan fingerprint density at radius 1 is 1.80 bits per heavy atom. The first kappa shape index (κ1) is 7.47. The Balaban J connectivity index is 2.05. The summed E-state index contributed by atoms with van der Waals surface area (Å²) in [4.78, 5) is 9.74. The highest BCUT2D eigenvalue weighted by Crippen LogP contribution is 2.23. The van der Waals surface area contributed by atoms with Crippen molar-refractivity contribution >= 4 is 0 Å². The maximum absolute atomic E-state index is 10.1. The summed E-state index contributed by atoms with van der Waals surface area (Å²) >= 11 is 0. The molecular formula is C6H11NO3. The van der Waals surface area contributed by atoms with Gasteiger partial charge in [-0.25, -0.2) is 0 Å². The zero-order chi connectivity index (χ0) is 7.56. The quantitative estimate of drug-likeness (QED) is 0.435. The van der Waals surface area contributed by atoms with Gasteiger partial charge in [-0.1, -0.05) is 0 Å². The van der Waals surface area contributed by atoms with E-state index in [-0.39, 0.29) is 11.5 Å². The minimum absolute atomic E-state index is 0.262. The standard InChI is InChI=1S/C6H11NO3/c1-5(7(8)9)4-10-6-2-3-6/h5-6H,2-4H2,1H3. The fourth-order valence-electron chi connectivity index (χ4n) is 0.571. The third-order valence-corrected chi connectivity index (χ3v) is 1.46. The molecule has 0 radical (unpaired) electrons. The summed E-state index contributed by atoms with van der Waals surface area (Å²) in [5.41, 5.74) is 0. The van der Waals surface area contributed by atoms with Gasteiger partial charge in [0.1, 0.15) is 6.61 Å². The molecule has 58 valence electrons. The van der Waals surface area contributed by atoms with Gasteiger partial charge in [-0.3, -0.25) is 10.1 Å². The topological polar surface area (TPSA) is 52.4 Å². The summed E-state index contributed by atoms with van der Waals surface area (Å²) in [6.07, 6.45) is 2.47. The van der Waals surface area contributed by atoms with Crippen molar-refractivity contribution in [2.45, 2.75) is 31.9 Å². The van der Waals surface area contributed by atoms with Crippen molar-refractivity contribution in [2.24, 2.45) is 0 Å². The molecule has 1 aliphatic carbocycles. The van der Waals surface area contributed by atoms with Gasteiger partial charge < -0.3 is 4.74 Å². The van der Waals surface area contributed by atoms with Crippen LogP contribution in [0.3, 0.4) is 0 Å². The molecule has 1 fully saturated rings. The highest BCUT2D eigenvalue weighted by Gasteiger charge is 2.24. The van der Waals surface area contributed by atoms with Crippen LogP contribution in [0.25, 0.3) is 0 Å². The molecule has 0 aromatic heterocycles. The first-order chi connectivity index (χ1) is 4.70. The average Bonchev–Trinajstić information content (AvgIpc) is 2.64. The van der Waals surface area contributed by atoms with E-state index >= 15 is 0 Å². The Morgan fingerprint density at radius 2 is 2.40 bits per heavy atom. The molecule has 0 saturated heterocycles. The van der Waals surface area contributed by atoms with Crippen molar-refractivity contribution in [1.29, 1.82) is 0 Å². The predicted molar refractivity (Wildman–Crippen MR) is 35.4 cm³/mol. The third kappa shape index (κ3) is 2.31. The molecule has 4 heteroatoms. The summed E-state index contributed by atoms with van der Waals surface area (Å²) < 4.78 is 5.13. The highest BCUT2D eigenvalue weighted by molar-refractivity contribution is 4.73. The van der Waals surface area contributed by atoms with Crippen LogP contribution < -0.4 is 0 Å². The van der Waals surface area contributed by atoms with Gasteiger partial charge in [0, 0.05) is 11.8 Å². The summed E-state index contributed by atoms with van der Waals surface area (Å²) in [6.45, 7) is 1.82. The van der Waals surface area contributed by atoms with E-state index in [0.29, 0.717) is 6.10 Å². The molecule has 1 atom stereocenters. The Bertz CT molecular complexity index is 133. The van der Waals surface area contributed by atoms with E-state index in [0.717, 1.165) is 12.8 Å². The first-order valence-corrected chi connectivity index (χ1v) is 3.45. The lowest BCUT2D eigenvalue weighted by Gasteiger charge is -2.02. The number of rotatable bonds is 4. The van der Waals surface area contributed by atoms with Gasteiger partial charge in [0.2, 0.25) is 6.04 Å². The van der Waals surface area contributed by atoms with Gasteiger partial charge >= 0.3 is 0 Å². The summed E-state index contributed by atoms with van der Waals surface area (Å²) in [6, 6.07) is -0.555. The molecule has 0 aromatic rings. The van der Waals surface area contributed by atoms with E-state index in [1.165, 1.54) is 0 Å². The normalized spacial score (nSPS) is 20.5. The van der Waals surface area contributed by atoms with Gasteiger partial charge in [-0.05, 0) is 12.8 Å². The van der Waals surface area contributed by atoms with Crippen LogP contribution in [0.2, 0.25) is 0 Å². The molecule has 10 heavy (non-hydrogen) atoms. The van der Waals surface area contributed by atoms with Gasteiger partial charge in [0.15, 0.2) is 0 Å². The number of hydrogen-bond acceptors (Lipinski definition) is 3. The maximum Gasteiger partial charge on any atom is 0.233 e. The third-order valence-electron chi connectivity index (χ3n) is 1.46. The fourth-order valence-corrected chi connectivity index (χ4v) is 0.571. The predicted octanol–water partition coefficient (Wildman–Crippen LogP) is 0.831. The minimum atomic E-state index is -0.555. The monoisotopic (exact) mass is 145 g/mol. The summed E-state index contributed by atoms with van der Waals surface area (Å²) in [7, 11) is 0. The lowest BCUT2D eigenvalue weighted by Crippen LogP contribution is -2.21. The smallest absolute Gasteiger partial charge is 0.233 e. The van der Waals surface area contributed by atoms with Crippen LogP contribution in [0.5, 0.6) is 0 Å². The molecular weight excluding hydrogens is 134 g/mol. The van der Waals surface area contributed by atoms with Crippen LogP contribution in [0.1, 0.15) is 19.8 Å². The van der Waals surface area contributed by atoms with E-state index in [4.69, 9.17) is 4.74 Å². The van der Waals surface area contributed by atoms with Crippen LogP contribution >= 0.6 is 0 Å². The first-order valence-electron chi connectivity index (χ1n) is 3.45. The maximum atomic E-state index is 10.1. The second-order valence-electron chi connectivity index (χ2n) is 2.67. The molecule has 4 nitrogen and oxygen atoms in total. The Kier molecular flexibility index (Phi) is 2.21. The molecule has 1 unspecified atom stereocenters. The Morgan fingerprint density at radius 3 is 2.80 bits per heavy atom. The van der Waals surface area contributed by atoms with Crippen molar-refractivity contribution < 1.29 is 9.66 Å². The van der Waals surface area contributed by atoms with Crippen molar-refractivity contribution in [2.75, 3.05) is 6.61 Å². The van der Waals surface area contributed by atoms with Gasteiger partial charge in [0.25, 0.3) is 0 Å². The molecule has 0 aliphatic heterocycles. The van der Waals surface area contributed by atoms with Crippen molar-refractivity contribution in [3.8, 4) is 0 Å². The van der Waals surface area contributed by atoms with E-state index in [1.54, 1.807) is 6.92 Å². The number of nitrogens with zero attached hydrogens (tertiary/aromatic N) is 1. The summed E-state index contributed by atoms with van der Waals surface area (Å²) in [5, 5.41) is 10.1. The lowest BCUT2D eigenvalue weighted by atomic mass is 10.4. The Labute approximate surface area is 59.3 Å². The lowest BCUT2D eigenvalue weighted by molar-refractivity contribution is -0.522. The van der Waals surface area contributed by atoms with Gasteiger partial charge in [0.05, 0.1) is 6.10 Å². The molecule has 1 rings (SSSR count). The van der Waals surface area contributed by atoms with E-state index in [2.05, 4.69) is 0 Å². The highest BCUT2D eigenvalue weighted by atomic mass is 16.6. The largest absolute Gasteiger partial charge is 0.371 e. The van der Waals surface area contributed by atoms with Crippen molar-refractivity contribution in [1.82, 2.24) is 0 Å². The fraction of sp³-hybridized carbons (Fsp3) is 1.00. The molecule has 1 saturated carbocycles. The minimum Gasteiger partial charge on any atom is -0.371 e.